The molecule has 8 heteroatoms. The van der Waals surface area contributed by atoms with Crippen LogP contribution in [0.5, 0.6) is 5.75 Å². The maximum Gasteiger partial charge on any atom is 0.300 e. The summed E-state index contributed by atoms with van der Waals surface area (Å²) in [5.41, 5.74) is 3.55. The summed E-state index contributed by atoms with van der Waals surface area (Å²) in [7, 11) is 1.43. The van der Waals surface area contributed by atoms with Crippen LogP contribution in [-0.2, 0) is 16.0 Å². The number of hydrogen-bond acceptors (Lipinski definition) is 5. The van der Waals surface area contributed by atoms with Crippen LogP contribution in [-0.4, -0.2) is 37.0 Å². The number of nitrogens with zero attached hydrogens (tertiary/aromatic N) is 2. The molecular formula is C30H30Cl2N2O4. The van der Waals surface area contributed by atoms with E-state index in [0.717, 1.165) is 30.8 Å². The Bertz CT molecular complexity index is 1360. The number of aryl methyl sites for hydroxylation is 1. The third kappa shape index (κ3) is 4.98. The van der Waals surface area contributed by atoms with E-state index in [9.17, 15) is 14.7 Å². The summed E-state index contributed by atoms with van der Waals surface area (Å²) >= 11 is 12.6. The number of aliphatic hydroxyl groups excluding tert-OH is 1. The molecule has 0 radical (unpaired) electrons. The first-order valence-corrected chi connectivity index (χ1v) is 13.3. The summed E-state index contributed by atoms with van der Waals surface area (Å²) < 4.78 is 5.21. The Kier molecular flexibility index (Phi) is 8.34. The Hall–Kier alpha value is -3.48. The minimum Gasteiger partial charge on any atom is -0.507 e. The minimum atomic E-state index is -0.854. The molecule has 1 unspecified atom stereocenters. The van der Waals surface area contributed by atoms with E-state index in [1.807, 2.05) is 55.5 Å². The third-order valence-corrected chi connectivity index (χ3v) is 7.44. The Morgan fingerprint density at radius 1 is 0.947 bits per heavy atom. The number of ether oxygens (including phenoxy) is 1. The number of benzene rings is 3. The van der Waals surface area contributed by atoms with Crippen molar-refractivity contribution in [3.63, 3.8) is 0 Å². The molecule has 0 aliphatic carbocycles. The first-order chi connectivity index (χ1) is 18.2. The highest BCUT2D eigenvalue weighted by atomic mass is 35.5. The minimum absolute atomic E-state index is 0.0394. The number of Topliss-reactive ketones (excluding diaryl/α,β-unsaturated/α-hetero) is 1. The van der Waals surface area contributed by atoms with Crippen molar-refractivity contribution in [1.29, 1.82) is 0 Å². The van der Waals surface area contributed by atoms with E-state index in [1.54, 1.807) is 0 Å². The average Bonchev–Trinajstić information content (AvgIpc) is 3.19. The van der Waals surface area contributed by atoms with Gasteiger partial charge in [-0.1, -0.05) is 54.4 Å². The molecule has 1 aliphatic rings. The van der Waals surface area contributed by atoms with Crippen LogP contribution in [0.15, 0.2) is 66.2 Å². The fourth-order valence-corrected chi connectivity index (χ4v) is 5.45. The van der Waals surface area contributed by atoms with Gasteiger partial charge in [0.15, 0.2) is 5.75 Å². The van der Waals surface area contributed by atoms with Gasteiger partial charge in [0.25, 0.3) is 11.7 Å². The molecule has 1 heterocycles. The Balaban J connectivity index is 1.91. The summed E-state index contributed by atoms with van der Waals surface area (Å²) in [4.78, 5) is 30.5. The van der Waals surface area contributed by atoms with Crippen LogP contribution < -0.4 is 14.5 Å². The largest absolute Gasteiger partial charge is 0.507 e. The van der Waals surface area contributed by atoms with Crippen molar-refractivity contribution < 1.29 is 19.4 Å². The summed E-state index contributed by atoms with van der Waals surface area (Å²) in [6, 6.07) is 17.3. The van der Waals surface area contributed by atoms with E-state index < -0.39 is 17.7 Å². The lowest BCUT2D eigenvalue weighted by Crippen LogP contribution is -2.29. The summed E-state index contributed by atoms with van der Waals surface area (Å²) in [5, 5.41) is 11.8. The molecule has 1 N–H and O–H groups in total. The number of halogens is 2. The highest BCUT2D eigenvalue weighted by Gasteiger charge is 2.47. The van der Waals surface area contributed by atoms with E-state index in [1.165, 1.54) is 24.1 Å². The molecule has 3 aromatic rings. The zero-order valence-corrected chi connectivity index (χ0v) is 23.3. The van der Waals surface area contributed by atoms with E-state index in [2.05, 4.69) is 18.7 Å². The average molecular weight is 553 g/mol. The number of carbonyl (C=O) groups is 2. The van der Waals surface area contributed by atoms with Gasteiger partial charge in [0.05, 0.1) is 28.8 Å². The van der Waals surface area contributed by atoms with Crippen molar-refractivity contribution in [3.05, 3.63) is 93.0 Å². The van der Waals surface area contributed by atoms with E-state index >= 15 is 0 Å². The van der Waals surface area contributed by atoms with Gasteiger partial charge in [-0.3, -0.25) is 14.5 Å². The maximum atomic E-state index is 13.5. The van der Waals surface area contributed by atoms with Crippen LogP contribution in [0.2, 0.25) is 10.0 Å². The lowest BCUT2D eigenvalue weighted by Gasteiger charge is -2.27. The molecule has 0 spiro atoms. The van der Waals surface area contributed by atoms with Gasteiger partial charge >= 0.3 is 0 Å². The molecule has 6 nitrogen and oxygen atoms in total. The number of anilines is 2. The zero-order chi connectivity index (χ0) is 27.6. The van der Waals surface area contributed by atoms with Crippen LogP contribution >= 0.6 is 23.2 Å². The number of rotatable bonds is 8. The number of methoxy groups -OCH3 is 1. The van der Waals surface area contributed by atoms with E-state index in [-0.39, 0.29) is 32.7 Å². The van der Waals surface area contributed by atoms with E-state index in [0.29, 0.717) is 11.3 Å². The lowest BCUT2D eigenvalue weighted by molar-refractivity contribution is -0.132. The van der Waals surface area contributed by atoms with Crippen molar-refractivity contribution in [2.24, 2.45) is 0 Å². The number of amides is 1. The summed E-state index contributed by atoms with van der Waals surface area (Å²) in [6.45, 7) is 7.90. The van der Waals surface area contributed by atoms with Crippen LogP contribution in [0.25, 0.3) is 5.76 Å². The first-order valence-electron chi connectivity index (χ1n) is 12.5. The van der Waals surface area contributed by atoms with Gasteiger partial charge in [0, 0.05) is 30.0 Å². The van der Waals surface area contributed by atoms with Gasteiger partial charge in [0.2, 0.25) is 0 Å². The molecule has 1 fully saturated rings. The van der Waals surface area contributed by atoms with Gasteiger partial charge in [-0.25, -0.2) is 0 Å². The predicted molar refractivity (Wildman–Crippen MR) is 154 cm³/mol. The fraction of sp³-hybridized carbons (Fsp3) is 0.267. The van der Waals surface area contributed by atoms with Crippen LogP contribution in [0.4, 0.5) is 11.4 Å². The SMILES string of the molecule is CCc1ccc(N2C(=O)C(=O)/C(=C(/O)c3cc(Cl)c(OC)c(Cl)c3)C2c2ccc(N(CC)CC)cc2)cc1. The van der Waals surface area contributed by atoms with Crippen molar-refractivity contribution in [1.82, 2.24) is 0 Å². The third-order valence-electron chi connectivity index (χ3n) is 6.88. The molecule has 0 saturated carbocycles. The zero-order valence-electron chi connectivity index (χ0n) is 21.8. The second kappa shape index (κ2) is 11.5. The molecule has 1 aliphatic heterocycles. The number of ketones is 1. The van der Waals surface area contributed by atoms with Gasteiger partial charge < -0.3 is 14.7 Å². The molecular weight excluding hydrogens is 523 g/mol. The number of carbonyl (C=O) groups excluding carboxylic acids is 2. The summed E-state index contributed by atoms with van der Waals surface area (Å²) in [6.07, 6.45) is 0.842. The molecule has 198 valence electrons. The van der Waals surface area contributed by atoms with Crippen LogP contribution in [0.3, 0.4) is 0 Å². The molecule has 3 aromatic carbocycles. The van der Waals surface area contributed by atoms with Crippen LogP contribution in [0, 0.1) is 0 Å². The predicted octanol–water partition coefficient (Wildman–Crippen LogP) is 7.04. The number of hydrogen-bond donors (Lipinski definition) is 1. The Labute approximate surface area is 233 Å². The topological polar surface area (TPSA) is 70.1 Å². The fourth-order valence-electron chi connectivity index (χ4n) is 4.81. The second-order valence-corrected chi connectivity index (χ2v) is 9.74. The molecule has 1 amide bonds. The monoisotopic (exact) mass is 552 g/mol. The Morgan fingerprint density at radius 3 is 2.03 bits per heavy atom. The maximum absolute atomic E-state index is 13.5. The van der Waals surface area contributed by atoms with Gasteiger partial charge in [-0.2, -0.15) is 0 Å². The lowest BCUT2D eigenvalue weighted by atomic mass is 9.94. The molecule has 0 aromatic heterocycles. The van der Waals surface area contributed by atoms with Crippen molar-refractivity contribution in [2.75, 3.05) is 30.0 Å². The van der Waals surface area contributed by atoms with Gasteiger partial charge in [0.1, 0.15) is 5.76 Å². The molecule has 1 atom stereocenters. The molecule has 38 heavy (non-hydrogen) atoms. The highest BCUT2D eigenvalue weighted by molar-refractivity contribution is 6.51. The molecule has 0 bridgehead atoms. The first kappa shape index (κ1) is 27.6. The molecule has 1 saturated heterocycles. The smallest absolute Gasteiger partial charge is 0.300 e. The van der Waals surface area contributed by atoms with E-state index in [4.69, 9.17) is 27.9 Å². The normalized spacial score (nSPS) is 16.7. The van der Waals surface area contributed by atoms with Crippen molar-refractivity contribution in [3.8, 4) is 5.75 Å². The standard InChI is InChI=1S/C30H30Cl2N2O4/c1-5-18-8-12-22(13-9-18)34-26(19-10-14-21(15-11-19)33(6-2)7-3)25(28(36)30(34)37)27(35)20-16-23(31)29(38-4)24(32)17-20/h8-17,26,35H,5-7H2,1-4H3/b27-25+. The van der Waals surface area contributed by atoms with Crippen molar-refractivity contribution >= 4 is 52.0 Å². The highest BCUT2D eigenvalue weighted by Crippen LogP contribution is 2.44. The molecule has 4 rings (SSSR count). The van der Waals surface area contributed by atoms with Gasteiger partial charge in [-0.15, -0.1) is 0 Å². The number of aliphatic hydroxyl groups is 1. The second-order valence-electron chi connectivity index (χ2n) is 8.93. The quantitative estimate of drug-likeness (QED) is 0.184. The Morgan fingerprint density at radius 2 is 1.53 bits per heavy atom. The van der Waals surface area contributed by atoms with Crippen molar-refractivity contribution in [2.45, 2.75) is 33.2 Å². The van der Waals surface area contributed by atoms with Gasteiger partial charge in [-0.05, 0) is 67.8 Å². The van der Waals surface area contributed by atoms with Crippen LogP contribution in [0.1, 0.15) is 43.5 Å². The summed E-state index contributed by atoms with van der Waals surface area (Å²) in [5.74, 6) is -1.62.